The lowest BCUT2D eigenvalue weighted by Crippen LogP contribution is -2.03. The molecule has 3 nitrogen and oxygen atoms in total. The number of hydrogen-bond acceptors (Lipinski definition) is 2. The first kappa shape index (κ1) is 16.2. The van der Waals surface area contributed by atoms with Crippen molar-refractivity contribution in [2.75, 3.05) is 0 Å². The topological polar surface area (TPSA) is 54.2 Å². The van der Waals surface area contributed by atoms with Crippen molar-refractivity contribution < 1.29 is 9.90 Å². The van der Waals surface area contributed by atoms with Crippen LogP contribution in [-0.2, 0) is 4.79 Å². The summed E-state index contributed by atoms with van der Waals surface area (Å²) in [5.74, 6) is -0.0576. The number of carbonyl (C=O) groups excluding carboxylic acids is 1. The fourth-order valence-electron chi connectivity index (χ4n) is 3.79. The Balaban J connectivity index is 1.80. The van der Waals surface area contributed by atoms with Crippen LogP contribution in [0.5, 0.6) is 5.75 Å². The third kappa shape index (κ3) is 2.71. The maximum atomic E-state index is 11.6. The van der Waals surface area contributed by atoms with Crippen LogP contribution in [-0.4, -0.2) is 18.2 Å². The van der Waals surface area contributed by atoms with E-state index in [2.05, 4.69) is 28.9 Å². The van der Waals surface area contributed by atoms with E-state index in [1.165, 1.54) is 5.39 Å². The molecule has 0 unspecified atom stereocenters. The zero-order chi connectivity index (χ0) is 19.1. The van der Waals surface area contributed by atoms with Gasteiger partial charge >= 0.3 is 0 Å². The van der Waals surface area contributed by atoms with Crippen LogP contribution in [0, 0.1) is 0 Å². The Kier molecular flexibility index (Phi) is 3.68. The van der Waals surface area contributed by atoms with E-state index in [0.717, 1.165) is 38.8 Å². The quantitative estimate of drug-likeness (QED) is 0.514. The van der Waals surface area contributed by atoms with Crippen LogP contribution >= 0.6 is 0 Å². The fourth-order valence-corrected chi connectivity index (χ4v) is 3.79. The third-order valence-corrected chi connectivity index (χ3v) is 5.04. The first-order valence-electron chi connectivity index (χ1n) is 9.04. The van der Waals surface area contributed by atoms with Crippen molar-refractivity contribution in [2.24, 2.45) is 0 Å². The van der Waals surface area contributed by atoms with Crippen LogP contribution < -0.4 is 9.77 Å². The summed E-state index contributed by atoms with van der Waals surface area (Å²) in [7, 11) is 0. The van der Waals surface area contributed by atoms with Crippen molar-refractivity contribution in [1.29, 1.82) is 0 Å². The molecule has 0 fully saturated rings. The zero-order valence-electron chi connectivity index (χ0n) is 14.9. The Morgan fingerprint density at radius 2 is 1.54 bits per heavy atom. The summed E-state index contributed by atoms with van der Waals surface area (Å²) in [6.07, 6.45) is 10.5. The minimum absolute atomic E-state index is 0.0288. The molecule has 28 heavy (non-hydrogen) atoms. The molecule has 2 aliphatic rings. The molecule has 0 aromatic heterocycles. The van der Waals surface area contributed by atoms with Gasteiger partial charge in [-0.05, 0) is 58.0 Å². The minimum Gasteiger partial charge on any atom is -0.872 e. The van der Waals surface area contributed by atoms with Crippen LogP contribution in [0.4, 0.5) is 0 Å². The van der Waals surface area contributed by atoms with E-state index in [1.54, 1.807) is 24.3 Å². The molecule has 3 aromatic carbocycles. The SMILES string of the molecule is O=C1C=CC(=C(c2ccc([O-])cc2)c2cc3c4c(cccc4c2)C=[N+]=C3)C=C1. The molecule has 0 bridgehead atoms. The van der Waals surface area contributed by atoms with Gasteiger partial charge in [0.2, 0.25) is 0 Å². The average Bonchev–Trinajstić information content (AvgIpc) is 2.71. The highest BCUT2D eigenvalue weighted by Crippen LogP contribution is 2.34. The van der Waals surface area contributed by atoms with Gasteiger partial charge in [0.1, 0.15) is 0 Å². The van der Waals surface area contributed by atoms with Gasteiger partial charge in [-0.25, -0.2) is 0 Å². The lowest BCUT2D eigenvalue weighted by molar-refractivity contribution is -0.268. The molecule has 0 spiro atoms. The molecule has 0 saturated carbocycles. The number of carbonyl (C=O) groups is 1. The predicted octanol–water partition coefficient (Wildman–Crippen LogP) is 3.33. The maximum Gasteiger partial charge on any atom is 0.300 e. The lowest BCUT2D eigenvalue weighted by atomic mass is 9.87. The number of allylic oxidation sites excluding steroid dienone is 5. The molecule has 0 saturated heterocycles. The number of benzene rings is 3. The molecule has 0 amide bonds. The minimum atomic E-state index is -0.0288. The molecule has 1 heterocycles. The summed E-state index contributed by atoms with van der Waals surface area (Å²) >= 11 is 0. The van der Waals surface area contributed by atoms with Crippen molar-refractivity contribution in [2.45, 2.75) is 0 Å². The first-order chi connectivity index (χ1) is 13.7. The summed E-state index contributed by atoms with van der Waals surface area (Å²) in [5.41, 5.74) is 6.02. The molecule has 0 radical (unpaired) electrons. The van der Waals surface area contributed by atoms with E-state index < -0.39 is 0 Å². The van der Waals surface area contributed by atoms with Crippen molar-refractivity contribution >= 4 is 34.6 Å². The Hall–Kier alpha value is -3.94. The molecule has 3 heteroatoms. The Bertz CT molecular complexity index is 1280. The number of ketones is 1. The van der Waals surface area contributed by atoms with Crippen molar-refractivity contribution in [1.82, 2.24) is 4.67 Å². The second-order valence-electron chi connectivity index (χ2n) is 6.84. The second-order valence-corrected chi connectivity index (χ2v) is 6.84. The van der Waals surface area contributed by atoms with Crippen molar-refractivity contribution in [3.05, 3.63) is 107 Å². The van der Waals surface area contributed by atoms with E-state index in [0.29, 0.717) is 0 Å². The standard InChI is InChI=1S/C25H15NO2/c27-22-8-4-16(5-9-22)24(17-6-10-23(28)11-7-17)20-12-18-2-1-3-19-14-26-15-21(13-20)25(18)19/h1-15H. The Morgan fingerprint density at radius 3 is 2.32 bits per heavy atom. The van der Waals surface area contributed by atoms with E-state index in [9.17, 15) is 9.90 Å². The zero-order valence-corrected chi connectivity index (χ0v) is 14.9. The Morgan fingerprint density at radius 1 is 0.786 bits per heavy atom. The van der Waals surface area contributed by atoms with E-state index in [-0.39, 0.29) is 11.5 Å². The summed E-state index contributed by atoms with van der Waals surface area (Å²) in [4.78, 5) is 11.6. The van der Waals surface area contributed by atoms with E-state index in [4.69, 9.17) is 0 Å². The number of nitrogens with zero attached hydrogens (tertiary/aromatic N) is 1. The lowest BCUT2D eigenvalue weighted by Gasteiger charge is -2.16. The molecule has 0 N–H and O–H groups in total. The summed E-state index contributed by atoms with van der Waals surface area (Å²) in [5, 5.41) is 13.9. The summed E-state index contributed by atoms with van der Waals surface area (Å²) < 4.78 is 4.37. The molecule has 1 aliphatic carbocycles. The largest absolute Gasteiger partial charge is 0.872 e. The van der Waals surface area contributed by atoms with Gasteiger partial charge in [0.25, 0.3) is 12.4 Å². The van der Waals surface area contributed by atoms with Gasteiger partial charge in [0.15, 0.2) is 5.78 Å². The van der Waals surface area contributed by atoms with Gasteiger partial charge in [-0.1, -0.05) is 53.2 Å². The molecular formula is C25H15NO2. The van der Waals surface area contributed by atoms with Gasteiger partial charge in [0, 0.05) is 5.39 Å². The highest BCUT2D eigenvalue weighted by Gasteiger charge is 2.18. The molecule has 5 rings (SSSR count). The monoisotopic (exact) mass is 361 g/mol. The van der Waals surface area contributed by atoms with E-state index in [1.807, 2.05) is 42.8 Å². The summed E-state index contributed by atoms with van der Waals surface area (Å²) in [6, 6.07) is 17.3. The van der Waals surface area contributed by atoms with Crippen LogP contribution in [0.25, 0.3) is 16.3 Å². The van der Waals surface area contributed by atoms with Gasteiger partial charge in [0.05, 0.1) is 11.1 Å². The maximum absolute atomic E-state index is 11.6. The van der Waals surface area contributed by atoms with E-state index >= 15 is 0 Å². The number of hydrogen-bond donors (Lipinski definition) is 0. The smallest absolute Gasteiger partial charge is 0.300 e. The summed E-state index contributed by atoms with van der Waals surface area (Å²) in [6.45, 7) is 0. The van der Waals surface area contributed by atoms with Crippen molar-refractivity contribution in [3.8, 4) is 5.75 Å². The van der Waals surface area contributed by atoms with Gasteiger partial charge in [-0.15, -0.1) is 5.75 Å². The molecule has 0 atom stereocenters. The second kappa shape index (κ2) is 6.34. The average molecular weight is 361 g/mol. The highest BCUT2D eigenvalue weighted by atomic mass is 16.3. The van der Waals surface area contributed by atoms with Crippen LogP contribution in [0.1, 0.15) is 22.3 Å². The van der Waals surface area contributed by atoms with Crippen LogP contribution in [0.2, 0.25) is 0 Å². The van der Waals surface area contributed by atoms with Crippen LogP contribution in [0.3, 0.4) is 0 Å². The first-order valence-corrected chi connectivity index (χ1v) is 9.04. The molecule has 132 valence electrons. The highest BCUT2D eigenvalue weighted by molar-refractivity contribution is 6.13. The van der Waals surface area contributed by atoms with Crippen molar-refractivity contribution in [3.63, 3.8) is 0 Å². The third-order valence-electron chi connectivity index (χ3n) is 5.04. The predicted molar refractivity (Wildman–Crippen MR) is 112 cm³/mol. The van der Waals surface area contributed by atoms with Gasteiger partial charge in [-0.3, -0.25) is 4.79 Å². The normalized spacial score (nSPS) is 14.1. The molecule has 1 aliphatic heterocycles. The van der Waals surface area contributed by atoms with Gasteiger partial charge in [-0.2, -0.15) is 0 Å². The molecule has 3 aromatic rings. The number of rotatable bonds is 2. The molecular weight excluding hydrogens is 346 g/mol. The van der Waals surface area contributed by atoms with Gasteiger partial charge < -0.3 is 5.11 Å². The fraction of sp³-hybridized carbons (Fsp3) is 0. The Labute approximate surface area is 162 Å². The van der Waals surface area contributed by atoms with Crippen LogP contribution in [0.15, 0.2) is 84.5 Å².